The predicted octanol–water partition coefficient (Wildman–Crippen LogP) is 16.2. The Morgan fingerprint density at radius 2 is 0.783 bits per heavy atom. The summed E-state index contributed by atoms with van der Waals surface area (Å²) in [7, 11) is 0. The highest BCUT2D eigenvalue weighted by molar-refractivity contribution is 5.70. The maximum absolute atomic E-state index is 12.6. The zero-order valence-corrected chi connectivity index (χ0v) is 38.7. The van der Waals surface area contributed by atoms with Crippen LogP contribution in [0.15, 0.2) is 122 Å². The fraction of sp³-hybridized carbons (Fsp3) is 0.600. The summed E-state index contributed by atoms with van der Waals surface area (Å²) < 4.78 is 17.2. The van der Waals surface area contributed by atoms with Gasteiger partial charge in [-0.3, -0.25) is 9.59 Å². The van der Waals surface area contributed by atoms with Crippen molar-refractivity contribution in [3.05, 3.63) is 122 Å². The van der Waals surface area contributed by atoms with Crippen LogP contribution in [0.3, 0.4) is 0 Å². The average Bonchev–Trinajstić information content (AvgIpc) is 3.25. The quantitative estimate of drug-likeness (QED) is 0.0348. The van der Waals surface area contributed by atoms with Crippen LogP contribution in [0.4, 0.5) is 0 Å². The van der Waals surface area contributed by atoms with Crippen molar-refractivity contribution in [1.82, 2.24) is 0 Å². The molecule has 60 heavy (non-hydrogen) atoms. The third-order valence-electron chi connectivity index (χ3n) is 9.51. The minimum Gasteiger partial charge on any atom is -0.462 e. The van der Waals surface area contributed by atoms with Crippen molar-refractivity contribution in [2.75, 3.05) is 19.8 Å². The lowest BCUT2D eigenvalue weighted by Gasteiger charge is -2.18. The number of hydrogen-bond acceptors (Lipinski definition) is 5. The molecule has 0 fully saturated rings. The molecule has 1 unspecified atom stereocenters. The van der Waals surface area contributed by atoms with E-state index < -0.39 is 6.10 Å². The summed E-state index contributed by atoms with van der Waals surface area (Å²) in [5, 5.41) is 0. The maximum Gasteiger partial charge on any atom is 0.306 e. The van der Waals surface area contributed by atoms with E-state index in [0.717, 1.165) is 103 Å². The monoisotopic (exact) mass is 829 g/mol. The molecule has 0 aromatic rings. The summed E-state index contributed by atoms with van der Waals surface area (Å²) in [5.74, 6) is -0.521. The average molecular weight is 829 g/mol. The third-order valence-corrected chi connectivity index (χ3v) is 9.51. The van der Waals surface area contributed by atoms with Gasteiger partial charge in [0.1, 0.15) is 6.61 Å². The Hall–Kier alpha value is -3.70. The summed E-state index contributed by atoms with van der Waals surface area (Å²) in [6, 6.07) is 0. The molecule has 0 aliphatic carbocycles. The number of hydrogen-bond donors (Lipinski definition) is 0. The van der Waals surface area contributed by atoms with Crippen LogP contribution in [-0.2, 0) is 23.8 Å². The Morgan fingerprint density at radius 3 is 1.27 bits per heavy atom. The molecule has 0 aliphatic heterocycles. The fourth-order valence-corrected chi connectivity index (χ4v) is 6.00. The number of unbranched alkanes of at least 4 members (excludes halogenated alkanes) is 11. The second-order valence-corrected chi connectivity index (χ2v) is 15.3. The second kappa shape index (κ2) is 49.7. The molecule has 0 amide bonds. The van der Waals surface area contributed by atoms with E-state index in [1.807, 2.05) is 6.08 Å². The van der Waals surface area contributed by atoms with Gasteiger partial charge < -0.3 is 14.2 Å². The number of carbonyl (C=O) groups excluding carboxylic acids is 2. The number of esters is 2. The van der Waals surface area contributed by atoms with Crippen LogP contribution >= 0.6 is 0 Å². The molecule has 0 aromatic carbocycles. The Kier molecular flexibility index (Phi) is 46.6. The minimum absolute atomic E-state index is 0.0304. The molecular formula is C55H88O5. The van der Waals surface area contributed by atoms with Crippen LogP contribution in [0, 0.1) is 0 Å². The van der Waals surface area contributed by atoms with Gasteiger partial charge in [-0.05, 0) is 96.3 Å². The van der Waals surface area contributed by atoms with E-state index in [1.165, 1.54) is 44.9 Å². The molecule has 338 valence electrons. The van der Waals surface area contributed by atoms with Crippen molar-refractivity contribution >= 4 is 11.9 Å². The maximum atomic E-state index is 12.6. The molecule has 0 aromatic heterocycles. The summed E-state index contributed by atoms with van der Waals surface area (Å²) in [4.78, 5) is 25.2. The molecule has 0 rings (SSSR count). The summed E-state index contributed by atoms with van der Waals surface area (Å²) in [5.41, 5.74) is 0. The standard InChI is InChI=1S/C55H88O5/c1-4-7-10-13-16-18-20-22-24-26-28-29-31-33-35-37-40-42-45-48-54(56)59-52-53(60-55(57)49-46-43-39-15-12-9-6-3)51-58-50-47-44-41-38-36-34-32-30-27-25-23-21-19-17-14-11-8-5-2/h7-8,10-11,16-19,22-25,28-30,32-33,35,40,42,53H,4-6,9,12-15,20-21,26-27,31,34,36-39,41,43-52H2,1-3H3/b10-7-,11-8-,18-16-,19-17-,24-22-,25-23-,29-28-,32-30-,35-33-,42-40-. The number of allylic oxidation sites excluding steroid dienone is 20. The van der Waals surface area contributed by atoms with E-state index in [-0.39, 0.29) is 25.2 Å². The van der Waals surface area contributed by atoms with Gasteiger partial charge in [-0.1, -0.05) is 200 Å². The van der Waals surface area contributed by atoms with Gasteiger partial charge in [-0.15, -0.1) is 0 Å². The van der Waals surface area contributed by atoms with Crippen molar-refractivity contribution in [3.8, 4) is 0 Å². The topological polar surface area (TPSA) is 61.8 Å². The molecule has 1 atom stereocenters. The van der Waals surface area contributed by atoms with Gasteiger partial charge in [0.2, 0.25) is 0 Å². The lowest BCUT2D eigenvalue weighted by atomic mass is 10.1. The molecule has 5 nitrogen and oxygen atoms in total. The summed E-state index contributed by atoms with van der Waals surface area (Å²) >= 11 is 0. The van der Waals surface area contributed by atoms with Crippen molar-refractivity contribution in [2.45, 2.75) is 194 Å². The molecule has 0 saturated heterocycles. The van der Waals surface area contributed by atoms with Gasteiger partial charge in [-0.2, -0.15) is 0 Å². The highest BCUT2D eigenvalue weighted by Gasteiger charge is 2.17. The third kappa shape index (κ3) is 47.0. The van der Waals surface area contributed by atoms with Crippen molar-refractivity contribution < 1.29 is 23.8 Å². The van der Waals surface area contributed by atoms with Gasteiger partial charge in [-0.25, -0.2) is 0 Å². The first kappa shape index (κ1) is 56.3. The predicted molar refractivity (Wildman–Crippen MR) is 260 cm³/mol. The lowest BCUT2D eigenvalue weighted by molar-refractivity contribution is -0.162. The van der Waals surface area contributed by atoms with Crippen LogP contribution in [-0.4, -0.2) is 37.9 Å². The molecule has 0 aliphatic rings. The van der Waals surface area contributed by atoms with Crippen molar-refractivity contribution in [3.63, 3.8) is 0 Å². The highest BCUT2D eigenvalue weighted by atomic mass is 16.6. The van der Waals surface area contributed by atoms with E-state index in [0.29, 0.717) is 25.9 Å². The normalized spacial score (nSPS) is 13.3. The minimum atomic E-state index is -0.581. The zero-order valence-electron chi connectivity index (χ0n) is 38.7. The smallest absolute Gasteiger partial charge is 0.306 e. The molecule has 0 radical (unpaired) electrons. The molecule has 0 N–H and O–H groups in total. The SMILES string of the molecule is CC/C=C\C/C=C\C/C=C\C/C=C\C/C=C\C/C=C\CCC(=O)OCC(COCCCCCCC/C=C\C/C=C\C/C=C\C/C=C\CC)OC(=O)CCCCCCCCC. The first-order chi connectivity index (χ1) is 29.6. The second-order valence-electron chi connectivity index (χ2n) is 15.3. The van der Waals surface area contributed by atoms with E-state index in [4.69, 9.17) is 14.2 Å². The Morgan fingerprint density at radius 1 is 0.383 bits per heavy atom. The highest BCUT2D eigenvalue weighted by Crippen LogP contribution is 2.11. The number of ether oxygens (including phenoxy) is 3. The molecule has 0 saturated carbocycles. The van der Waals surface area contributed by atoms with E-state index in [9.17, 15) is 9.59 Å². The molecule has 0 bridgehead atoms. The van der Waals surface area contributed by atoms with Gasteiger partial charge in [0.05, 0.1) is 6.61 Å². The zero-order chi connectivity index (χ0) is 43.5. The van der Waals surface area contributed by atoms with Gasteiger partial charge in [0.15, 0.2) is 6.10 Å². The van der Waals surface area contributed by atoms with Gasteiger partial charge in [0.25, 0.3) is 0 Å². The molecular weight excluding hydrogens is 741 g/mol. The fourth-order valence-electron chi connectivity index (χ4n) is 6.00. The number of rotatable bonds is 42. The Bertz CT molecular complexity index is 1260. The molecule has 0 spiro atoms. The lowest BCUT2D eigenvalue weighted by Crippen LogP contribution is -2.30. The summed E-state index contributed by atoms with van der Waals surface area (Å²) in [6.07, 6.45) is 69.4. The van der Waals surface area contributed by atoms with Crippen molar-refractivity contribution in [1.29, 1.82) is 0 Å². The summed E-state index contributed by atoms with van der Waals surface area (Å²) in [6.45, 7) is 7.42. The largest absolute Gasteiger partial charge is 0.462 e. The van der Waals surface area contributed by atoms with E-state index >= 15 is 0 Å². The van der Waals surface area contributed by atoms with Crippen molar-refractivity contribution in [2.24, 2.45) is 0 Å². The molecule has 5 heteroatoms. The van der Waals surface area contributed by atoms with Crippen LogP contribution in [0.25, 0.3) is 0 Å². The van der Waals surface area contributed by atoms with Crippen LogP contribution in [0.1, 0.15) is 188 Å². The van der Waals surface area contributed by atoms with Crippen LogP contribution in [0.2, 0.25) is 0 Å². The van der Waals surface area contributed by atoms with Gasteiger partial charge in [0, 0.05) is 19.4 Å². The number of carbonyl (C=O) groups is 2. The first-order valence-corrected chi connectivity index (χ1v) is 24.1. The van der Waals surface area contributed by atoms with Gasteiger partial charge >= 0.3 is 11.9 Å². The first-order valence-electron chi connectivity index (χ1n) is 24.1. The van der Waals surface area contributed by atoms with Crippen LogP contribution < -0.4 is 0 Å². The molecule has 0 heterocycles. The van der Waals surface area contributed by atoms with E-state index in [1.54, 1.807) is 0 Å². The Balaban J connectivity index is 4.32. The van der Waals surface area contributed by atoms with E-state index in [2.05, 4.69) is 136 Å². The Labute approximate surface area is 369 Å². The van der Waals surface area contributed by atoms with Crippen LogP contribution in [0.5, 0.6) is 0 Å².